The molecule has 0 saturated carbocycles. The predicted octanol–water partition coefficient (Wildman–Crippen LogP) is 5.55. The Balaban J connectivity index is 1.39. The van der Waals surface area contributed by atoms with Crippen molar-refractivity contribution < 1.29 is 9.21 Å². The second kappa shape index (κ2) is 7.17. The summed E-state index contributed by atoms with van der Waals surface area (Å²) in [6.45, 7) is 1.28. The molecule has 7 heteroatoms. The molecule has 134 valence electrons. The Morgan fingerprint density at radius 2 is 1.92 bits per heavy atom. The van der Waals surface area contributed by atoms with Crippen LogP contribution in [-0.2, 0) is 0 Å². The van der Waals surface area contributed by atoms with Crippen LogP contribution in [0.15, 0.2) is 46.9 Å². The van der Waals surface area contributed by atoms with Gasteiger partial charge in [-0.2, -0.15) is 0 Å². The molecule has 1 aliphatic heterocycles. The molecule has 1 saturated heterocycles. The highest BCUT2D eigenvalue weighted by molar-refractivity contribution is 6.36. The van der Waals surface area contributed by atoms with E-state index in [9.17, 15) is 4.79 Å². The molecule has 2 heterocycles. The average Bonchev–Trinajstić information content (AvgIpc) is 3.08. The summed E-state index contributed by atoms with van der Waals surface area (Å²) in [6.07, 6.45) is 1.63. The van der Waals surface area contributed by atoms with Crippen LogP contribution in [0.2, 0.25) is 10.0 Å². The number of aromatic nitrogens is 1. The van der Waals surface area contributed by atoms with Gasteiger partial charge in [0.1, 0.15) is 5.52 Å². The highest BCUT2D eigenvalue weighted by Crippen LogP contribution is 2.31. The maximum atomic E-state index is 12.5. The van der Waals surface area contributed by atoms with E-state index in [0.29, 0.717) is 28.8 Å². The second-order valence-electron chi connectivity index (χ2n) is 6.34. The number of benzene rings is 2. The fraction of sp³-hybridized carbons (Fsp3) is 0.263. The van der Waals surface area contributed by atoms with Crippen LogP contribution >= 0.6 is 23.2 Å². The first-order valence-electron chi connectivity index (χ1n) is 8.46. The molecule has 2 amide bonds. The lowest BCUT2D eigenvalue weighted by Crippen LogP contribution is -2.40. The monoisotopic (exact) mass is 389 g/mol. The summed E-state index contributed by atoms with van der Waals surface area (Å²) in [4.78, 5) is 18.8. The number of nitrogens with one attached hydrogen (secondary N) is 1. The molecular formula is C19H17Cl2N3O2. The normalized spacial score (nSPS) is 15.4. The number of nitrogens with zero attached hydrogens (tertiary/aromatic N) is 2. The van der Waals surface area contributed by atoms with E-state index in [1.165, 1.54) is 0 Å². The van der Waals surface area contributed by atoms with Crippen LogP contribution in [-0.4, -0.2) is 29.0 Å². The third-order valence-corrected chi connectivity index (χ3v) is 5.16. The Morgan fingerprint density at radius 1 is 1.15 bits per heavy atom. The molecule has 1 aliphatic rings. The zero-order valence-electron chi connectivity index (χ0n) is 13.9. The van der Waals surface area contributed by atoms with E-state index in [0.717, 1.165) is 29.8 Å². The number of anilines is 1. The van der Waals surface area contributed by atoms with Crippen molar-refractivity contribution in [1.29, 1.82) is 0 Å². The highest BCUT2D eigenvalue weighted by Gasteiger charge is 2.27. The quantitative estimate of drug-likeness (QED) is 0.625. The number of piperidine rings is 1. The highest BCUT2D eigenvalue weighted by atomic mass is 35.5. The largest absolute Gasteiger partial charge is 0.440 e. The van der Waals surface area contributed by atoms with Gasteiger partial charge in [0, 0.05) is 24.0 Å². The lowest BCUT2D eigenvalue weighted by Gasteiger charge is -2.30. The van der Waals surface area contributed by atoms with Crippen LogP contribution in [0.3, 0.4) is 0 Å². The first kappa shape index (κ1) is 17.2. The fourth-order valence-electron chi connectivity index (χ4n) is 3.18. The molecule has 5 nitrogen and oxygen atoms in total. The lowest BCUT2D eigenvalue weighted by atomic mass is 9.97. The molecule has 1 fully saturated rings. The first-order valence-corrected chi connectivity index (χ1v) is 9.22. The number of carbonyl (C=O) groups excluding carboxylic acids is 1. The fourth-order valence-corrected chi connectivity index (χ4v) is 3.64. The van der Waals surface area contributed by atoms with Crippen molar-refractivity contribution in [3.8, 4) is 0 Å². The molecule has 0 aliphatic carbocycles. The van der Waals surface area contributed by atoms with Gasteiger partial charge in [-0.3, -0.25) is 0 Å². The van der Waals surface area contributed by atoms with Gasteiger partial charge in [-0.15, -0.1) is 0 Å². The van der Waals surface area contributed by atoms with Gasteiger partial charge < -0.3 is 14.6 Å². The molecule has 0 unspecified atom stereocenters. The minimum Gasteiger partial charge on any atom is -0.440 e. The third kappa shape index (κ3) is 3.50. The Morgan fingerprint density at radius 3 is 2.65 bits per heavy atom. The van der Waals surface area contributed by atoms with Crippen molar-refractivity contribution in [2.24, 2.45) is 0 Å². The Kier molecular flexibility index (Phi) is 4.74. The molecule has 1 N–H and O–H groups in total. The number of oxazole rings is 1. The second-order valence-corrected chi connectivity index (χ2v) is 7.18. The minimum absolute atomic E-state index is 0.162. The van der Waals surface area contributed by atoms with Gasteiger partial charge in [-0.05, 0) is 43.2 Å². The molecule has 0 bridgehead atoms. The van der Waals surface area contributed by atoms with E-state index in [4.69, 9.17) is 27.6 Å². The number of para-hydroxylation sites is 2. The molecule has 4 rings (SSSR count). The van der Waals surface area contributed by atoms with E-state index in [2.05, 4.69) is 10.3 Å². The summed E-state index contributed by atoms with van der Waals surface area (Å²) in [7, 11) is 0. The van der Waals surface area contributed by atoms with Gasteiger partial charge in [0.25, 0.3) is 0 Å². The zero-order chi connectivity index (χ0) is 18.1. The van der Waals surface area contributed by atoms with Crippen LogP contribution in [0, 0.1) is 0 Å². The van der Waals surface area contributed by atoms with Crippen molar-refractivity contribution in [1.82, 2.24) is 9.88 Å². The molecule has 0 radical (unpaired) electrons. The topological polar surface area (TPSA) is 58.4 Å². The average molecular weight is 390 g/mol. The van der Waals surface area contributed by atoms with E-state index >= 15 is 0 Å². The summed E-state index contributed by atoms with van der Waals surface area (Å²) in [5, 5.41) is 3.80. The molecule has 26 heavy (non-hydrogen) atoms. The summed E-state index contributed by atoms with van der Waals surface area (Å²) >= 11 is 12.0. The van der Waals surface area contributed by atoms with Gasteiger partial charge >= 0.3 is 6.03 Å². The number of amides is 2. The van der Waals surface area contributed by atoms with Gasteiger partial charge in [0.15, 0.2) is 11.5 Å². The van der Waals surface area contributed by atoms with Gasteiger partial charge in [0.05, 0.1) is 10.7 Å². The van der Waals surface area contributed by atoms with Crippen molar-refractivity contribution in [3.63, 3.8) is 0 Å². The van der Waals surface area contributed by atoms with Crippen LogP contribution in [0.5, 0.6) is 0 Å². The number of urea groups is 1. The van der Waals surface area contributed by atoms with Crippen LogP contribution < -0.4 is 5.32 Å². The maximum Gasteiger partial charge on any atom is 0.321 e. The number of hydrogen-bond acceptors (Lipinski definition) is 3. The minimum atomic E-state index is -0.162. The molecule has 2 aromatic carbocycles. The van der Waals surface area contributed by atoms with Gasteiger partial charge in [0.2, 0.25) is 0 Å². The number of halogens is 2. The van der Waals surface area contributed by atoms with Crippen molar-refractivity contribution in [2.75, 3.05) is 18.4 Å². The number of hydrogen-bond donors (Lipinski definition) is 1. The van der Waals surface area contributed by atoms with Crippen LogP contribution in [0.1, 0.15) is 24.7 Å². The SMILES string of the molecule is O=C(Nc1ccc(Cl)cc1Cl)N1CCC(c2nc3ccccc3o2)CC1. The van der Waals surface area contributed by atoms with E-state index in [1.807, 2.05) is 24.3 Å². The van der Waals surface area contributed by atoms with Gasteiger partial charge in [-0.1, -0.05) is 35.3 Å². The van der Waals surface area contributed by atoms with Gasteiger partial charge in [-0.25, -0.2) is 9.78 Å². The third-order valence-electron chi connectivity index (χ3n) is 4.61. The number of carbonyl (C=O) groups is 1. The lowest BCUT2D eigenvalue weighted by molar-refractivity contribution is 0.190. The Bertz CT molecular complexity index is 916. The maximum absolute atomic E-state index is 12.5. The number of fused-ring (bicyclic) bond motifs is 1. The zero-order valence-corrected chi connectivity index (χ0v) is 15.4. The molecule has 0 atom stereocenters. The first-order chi connectivity index (χ1) is 12.6. The number of likely N-dealkylation sites (tertiary alicyclic amines) is 1. The summed E-state index contributed by atoms with van der Waals surface area (Å²) < 4.78 is 5.87. The Labute approximate surface area is 160 Å². The van der Waals surface area contributed by atoms with Crippen molar-refractivity contribution >= 4 is 46.0 Å². The standard InChI is InChI=1S/C19H17Cl2N3O2/c20-13-5-6-15(14(21)11-13)23-19(25)24-9-7-12(8-10-24)18-22-16-3-1-2-4-17(16)26-18/h1-6,11-12H,7-10H2,(H,23,25). The van der Waals surface area contributed by atoms with E-state index in [-0.39, 0.29) is 11.9 Å². The molecule has 1 aromatic heterocycles. The van der Waals surface area contributed by atoms with Crippen molar-refractivity contribution in [2.45, 2.75) is 18.8 Å². The van der Waals surface area contributed by atoms with Crippen LogP contribution in [0.25, 0.3) is 11.1 Å². The number of rotatable bonds is 2. The summed E-state index contributed by atoms with van der Waals surface area (Å²) in [5.74, 6) is 0.984. The molecule has 3 aromatic rings. The smallest absolute Gasteiger partial charge is 0.321 e. The van der Waals surface area contributed by atoms with Crippen molar-refractivity contribution in [3.05, 3.63) is 58.4 Å². The summed E-state index contributed by atoms with van der Waals surface area (Å²) in [6, 6.07) is 12.6. The van der Waals surface area contributed by atoms with Crippen LogP contribution in [0.4, 0.5) is 10.5 Å². The molecule has 0 spiro atoms. The summed E-state index contributed by atoms with van der Waals surface area (Å²) in [5.41, 5.74) is 2.24. The van der Waals surface area contributed by atoms with E-state index in [1.54, 1.807) is 23.1 Å². The Hall–Kier alpha value is -2.24. The molecular weight excluding hydrogens is 373 g/mol. The predicted molar refractivity (Wildman–Crippen MR) is 103 cm³/mol. The van der Waals surface area contributed by atoms with E-state index < -0.39 is 0 Å².